The van der Waals surface area contributed by atoms with Crippen molar-refractivity contribution >= 4 is 28.8 Å². The lowest BCUT2D eigenvalue weighted by Gasteiger charge is -2.39. The SMILES string of the molecule is C=CCCCOC(=O)[C@@H]1[C@H]2C(=O)N([C@@H](CO)Cc3ccccc3)C(C(=O)N(CC=C)Cn3nnc4ccccc43)C23CC[C@@]1(CC)O3. The van der Waals surface area contributed by atoms with Gasteiger partial charge >= 0.3 is 5.97 Å². The molecule has 1 spiro atoms. The van der Waals surface area contributed by atoms with Crippen LogP contribution in [0.1, 0.15) is 44.6 Å². The Hall–Kier alpha value is -4.35. The molecule has 0 saturated carbocycles. The summed E-state index contributed by atoms with van der Waals surface area (Å²) in [7, 11) is 0. The number of likely N-dealkylation sites (tertiary alicyclic amines) is 1. The number of benzene rings is 2. The molecule has 2 amide bonds. The molecule has 3 aliphatic rings. The van der Waals surface area contributed by atoms with Crippen molar-refractivity contribution in [3.8, 4) is 0 Å². The molecule has 1 aromatic heterocycles. The topological polar surface area (TPSA) is 127 Å². The Morgan fingerprint density at radius 3 is 2.64 bits per heavy atom. The van der Waals surface area contributed by atoms with Crippen LogP contribution in [0, 0.1) is 11.8 Å². The lowest BCUT2D eigenvalue weighted by Crippen LogP contribution is -2.59. The molecule has 3 aliphatic heterocycles. The van der Waals surface area contributed by atoms with Crippen LogP contribution in [-0.4, -0.2) is 90.7 Å². The minimum Gasteiger partial charge on any atom is -0.465 e. The third-order valence-corrected chi connectivity index (χ3v) is 10.2. The Labute approximate surface area is 274 Å². The molecule has 6 rings (SSSR count). The zero-order valence-corrected chi connectivity index (χ0v) is 26.9. The molecule has 248 valence electrons. The largest absolute Gasteiger partial charge is 0.465 e. The van der Waals surface area contributed by atoms with Crippen molar-refractivity contribution in [2.24, 2.45) is 11.8 Å². The first-order chi connectivity index (χ1) is 22.8. The van der Waals surface area contributed by atoms with Gasteiger partial charge in [0.1, 0.15) is 29.7 Å². The second-order valence-corrected chi connectivity index (χ2v) is 12.8. The van der Waals surface area contributed by atoms with Gasteiger partial charge in [0.2, 0.25) is 11.8 Å². The van der Waals surface area contributed by atoms with E-state index in [1.54, 1.807) is 21.7 Å². The number of hydrogen-bond acceptors (Lipinski definition) is 8. The van der Waals surface area contributed by atoms with Crippen LogP contribution in [-0.2, 0) is 36.9 Å². The Balaban J connectivity index is 1.41. The Kier molecular flexibility index (Phi) is 9.29. The van der Waals surface area contributed by atoms with Crippen molar-refractivity contribution in [3.05, 3.63) is 85.5 Å². The number of rotatable bonds is 15. The van der Waals surface area contributed by atoms with E-state index in [4.69, 9.17) is 9.47 Å². The number of para-hydroxylation sites is 1. The Bertz CT molecular complexity index is 1640. The maximum Gasteiger partial charge on any atom is 0.312 e. The maximum absolute atomic E-state index is 15.0. The molecule has 6 atom stereocenters. The maximum atomic E-state index is 15.0. The van der Waals surface area contributed by atoms with E-state index < -0.39 is 41.1 Å². The summed E-state index contributed by atoms with van der Waals surface area (Å²) in [6, 6.07) is 15.2. The van der Waals surface area contributed by atoms with Gasteiger partial charge in [-0.1, -0.05) is 66.8 Å². The summed E-state index contributed by atoms with van der Waals surface area (Å²) in [5.41, 5.74) is 0.146. The van der Waals surface area contributed by atoms with Crippen molar-refractivity contribution in [1.29, 1.82) is 0 Å². The highest BCUT2D eigenvalue weighted by molar-refractivity contribution is 5.98. The number of amides is 2. The van der Waals surface area contributed by atoms with E-state index >= 15 is 4.79 Å². The smallest absolute Gasteiger partial charge is 0.312 e. The summed E-state index contributed by atoms with van der Waals surface area (Å²) in [6.07, 6.45) is 6.45. The number of fused-ring (bicyclic) bond motifs is 2. The molecule has 1 N–H and O–H groups in total. The van der Waals surface area contributed by atoms with Gasteiger partial charge in [-0.15, -0.1) is 18.3 Å². The quantitative estimate of drug-likeness (QED) is 0.151. The monoisotopic (exact) mass is 641 g/mol. The van der Waals surface area contributed by atoms with Crippen molar-refractivity contribution in [2.75, 3.05) is 19.8 Å². The van der Waals surface area contributed by atoms with Gasteiger partial charge in [0.25, 0.3) is 0 Å². The minimum atomic E-state index is -1.27. The molecule has 0 aliphatic carbocycles. The normalized spacial score (nSPS) is 26.7. The van der Waals surface area contributed by atoms with Crippen LogP contribution < -0.4 is 0 Å². The van der Waals surface area contributed by atoms with Crippen LogP contribution in [0.15, 0.2) is 79.9 Å². The number of allylic oxidation sites excluding steroid dienone is 1. The second-order valence-electron chi connectivity index (χ2n) is 12.8. The molecule has 2 unspecified atom stereocenters. The van der Waals surface area contributed by atoms with Crippen LogP contribution in [0.3, 0.4) is 0 Å². The lowest BCUT2D eigenvalue weighted by atomic mass is 9.65. The van der Waals surface area contributed by atoms with E-state index in [9.17, 15) is 14.7 Å². The predicted octanol–water partition coefficient (Wildman–Crippen LogP) is 3.67. The van der Waals surface area contributed by atoms with Gasteiger partial charge < -0.3 is 24.4 Å². The zero-order chi connectivity index (χ0) is 33.2. The number of carbonyl (C=O) groups excluding carboxylic acids is 3. The molecule has 4 heterocycles. The number of aromatic nitrogens is 3. The lowest BCUT2D eigenvalue weighted by molar-refractivity contribution is -0.164. The molecule has 3 fully saturated rings. The van der Waals surface area contributed by atoms with Gasteiger partial charge in [0, 0.05) is 6.54 Å². The first kappa shape index (κ1) is 32.6. The van der Waals surface area contributed by atoms with Crippen molar-refractivity contribution < 1.29 is 29.0 Å². The summed E-state index contributed by atoms with van der Waals surface area (Å²) in [4.78, 5) is 46.8. The number of nitrogens with zero attached hydrogens (tertiary/aromatic N) is 5. The first-order valence-corrected chi connectivity index (χ1v) is 16.5. The molecule has 2 aromatic carbocycles. The van der Waals surface area contributed by atoms with E-state index in [1.807, 2.05) is 61.5 Å². The highest BCUT2D eigenvalue weighted by atomic mass is 16.6. The molecule has 0 radical (unpaired) electrons. The number of unbranched alkanes of at least 4 members (excludes halogenated alkanes) is 1. The third-order valence-electron chi connectivity index (χ3n) is 10.2. The molecule has 11 heteroatoms. The third kappa shape index (κ3) is 5.55. The summed E-state index contributed by atoms with van der Waals surface area (Å²) < 4.78 is 14.3. The number of aliphatic hydroxyl groups excluding tert-OH is 1. The fraction of sp³-hybridized carbons (Fsp3) is 0.472. The van der Waals surface area contributed by atoms with Gasteiger partial charge in [-0.2, -0.15) is 0 Å². The van der Waals surface area contributed by atoms with Gasteiger partial charge in [-0.3, -0.25) is 14.4 Å². The minimum absolute atomic E-state index is 0.0564. The van der Waals surface area contributed by atoms with Crippen LogP contribution in [0.4, 0.5) is 0 Å². The predicted molar refractivity (Wildman–Crippen MR) is 175 cm³/mol. The summed E-state index contributed by atoms with van der Waals surface area (Å²) in [6.45, 7) is 9.63. The fourth-order valence-corrected chi connectivity index (χ4v) is 8.04. The summed E-state index contributed by atoms with van der Waals surface area (Å²) in [5, 5.41) is 19.4. The van der Waals surface area contributed by atoms with Gasteiger partial charge in [-0.05, 0) is 56.2 Å². The van der Waals surface area contributed by atoms with Gasteiger partial charge in [0.05, 0.1) is 36.3 Å². The van der Waals surface area contributed by atoms with E-state index in [-0.39, 0.29) is 38.2 Å². The van der Waals surface area contributed by atoms with Crippen molar-refractivity contribution in [2.45, 2.75) is 75.4 Å². The number of aliphatic hydroxyl groups is 1. The van der Waals surface area contributed by atoms with Crippen LogP contribution >= 0.6 is 0 Å². The van der Waals surface area contributed by atoms with Crippen LogP contribution in [0.25, 0.3) is 11.0 Å². The highest BCUT2D eigenvalue weighted by Gasteiger charge is 2.79. The standard InChI is InChI=1S/C36H43N5O6/c1-4-7-13-21-46-34(45)30-29-32(43)41(26(23-42)22-25-14-9-8-10-15-25)31(36(29)19-18-35(30,6-3)47-36)33(44)39(20-5-2)24-40-28-17-12-11-16-27(28)37-38-40/h4-5,8-12,14-17,26,29-31,42H,1-2,6-7,13,18-24H2,3H3/t26-,29+,30+,31?,35-,36?/m1/s1. The molecule has 3 saturated heterocycles. The summed E-state index contributed by atoms with van der Waals surface area (Å²) in [5.74, 6) is -3.02. The van der Waals surface area contributed by atoms with Crippen molar-refractivity contribution in [3.63, 3.8) is 0 Å². The number of hydrogen-bond donors (Lipinski definition) is 1. The summed E-state index contributed by atoms with van der Waals surface area (Å²) >= 11 is 0. The second kappa shape index (κ2) is 13.4. The van der Waals surface area contributed by atoms with E-state index in [2.05, 4.69) is 23.5 Å². The van der Waals surface area contributed by atoms with E-state index in [1.165, 1.54) is 4.90 Å². The van der Waals surface area contributed by atoms with Crippen LogP contribution in [0.5, 0.6) is 0 Å². The number of carbonyl (C=O) groups is 3. The molecule has 47 heavy (non-hydrogen) atoms. The fourth-order valence-electron chi connectivity index (χ4n) is 8.04. The van der Waals surface area contributed by atoms with E-state index in [0.717, 1.165) is 11.1 Å². The highest BCUT2D eigenvalue weighted by Crippen LogP contribution is 2.65. The van der Waals surface area contributed by atoms with Crippen molar-refractivity contribution in [1.82, 2.24) is 24.8 Å². The van der Waals surface area contributed by atoms with Gasteiger partial charge in [-0.25, -0.2) is 4.68 Å². The van der Waals surface area contributed by atoms with Gasteiger partial charge in [0.15, 0.2) is 0 Å². The average Bonchev–Trinajstić information content (AvgIpc) is 3.82. The average molecular weight is 642 g/mol. The molecule has 2 bridgehead atoms. The van der Waals surface area contributed by atoms with E-state index in [0.29, 0.717) is 44.0 Å². The molecule has 3 aromatic rings. The first-order valence-electron chi connectivity index (χ1n) is 16.5. The number of esters is 1. The molecule has 11 nitrogen and oxygen atoms in total. The van der Waals surface area contributed by atoms with Crippen LogP contribution in [0.2, 0.25) is 0 Å². The molecular formula is C36H43N5O6. The zero-order valence-electron chi connectivity index (χ0n) is 26.9. The Morgan fingerprint density at radius 1 is 1.15 bits per heavy atom. The number of ether oxygens (including phenoxy) is 2. The molecular weight excluding hydrogens is 598 g/mol. The Morgan fingerprint density at radius 2 is 1.91 bits per heavy atom.